The number of nitrogens with zero attached hydrogens (tertiary/aromatic N) is 1. The lowest BCUT2D eigenvalue weighted by Crippen LogP contribution is -2.37. The summed E-state index contributed by atoms with van der Waals surface area (Å²) in [6.45, 7) is 1.57. The van der Waals surface area contributed by atoms with Gasteiger partial charge in [-0.1, -0.05) is 11.6 Å². The standard InChI is InChI=1S/C17H22ClN3O/c1-21(2)8-7-19-17(22)11-3-5-15-13(9-11)14-10-12(18)4-6-16(14)20-15/h4,6,10-11,20H,3,5,7-9H2,1-2H3,(H,19,22). The Morgan fingerprint density at radius 3 is 3.05 bits per heavy atom. The van der Waals surface area contributed by atoms with Crippen molar-refractivity contribution in [2.75, 3.05) is 27.2 Å². The molecular formula is C17H22ClN3O. The molecule has 0 bridgehead atoms. The minimum Gasteiger partial charge on any atom is -0.358 e. The zero-order chi connectivity index (χ0) is 15.7. The molecule has 1 aliphatic rings. The topological polar surface area (TPSA) is 48.1 Å². The number of carbonyl (C=O) groups excluding carboxylic acids is 1. The van der Waals surface area contributed by atoms with E-state index in [1.165, 1.54) is 11.3 Å². The van der Waals surface area contributed by atoms with Crippen LogP contribution in [-0.4, -0.2) is 43.0 Å². The summed E-state index contributed by atoms with van der Waals surface area (Å²) in [6, 6.07) is 5.91. The maximum atomic E-state index is 12.3. The molecule has 5 heteroatoms. The monoisotopic (exact) mass is 319 g/mol. The van der Waals surface area contributed by atoms with Gasteiger partial charge in [-0.3, -0.25) is 4.79 Å². The largest absolute Gasteiger partial charge is 0.358 e. The van der Waals surface area contributed by atoms with Gasteiger partial charge in [-0.2, -0.15) is 0 Å². The van der Waals surface area contributed by atoms with Gasteiger partial charge in [0.15, 0.2) is 0 Å². The zero-order valence-electron chi connectivity index (χ0n) is 13.1. The van der Waals surface area contributed by atoms with Crippen LogP contribution in [0.1, 0.15) is 17.7 Å². The van der Waals surface area contributed by atoms with Crippen molar-refractivity contribution >= 4 is 28.4 Å². The van der Waals surface area contributed by atoms with Gasteiger partial charge in [-0.25, -0.2) is 0 Å². The maximum absolute atomic E-state index is 12.3. The highest BCUT2D eigenvalue weighted by molar-refractivity contribution is 6.31. The number of rotatable bonds is 4. The first kappa shape index (κ1) is 15.4. The van der Waals surface area contributed by atoms with E-state index in [-0.39, 0.29) is 11.8 Å². The number of halogens is 1. The van der Waals surface area contributed by atoms with Crippen molar-refractivity contribution < 1.29 is 4.79 Å². The molecule has 0 fully saturated rings. The molecule has 1 aromatic carbocycles. The molecule has 3 rings (SSSR count). The highest BCUT2D eigenvalue weighted by atomic mass is 35.5. The molecule has 0 saturated carbocycles. The Balaban J connectivity index is 1.74. The molecule has 1 unspecified atom stereocenters. The van der Waals surface area contributed by atoms with E-state index in [0.717, 1.165) is 41.7 Å². The molecule has 118 valence electrons. The van der Waals surface area contributed by atoms with Crippen LogP contribution >= 0.6 is 11.6 Å². The van der Waals surface area contributed by atoms with Crippen molar-refractivity contribution in [3.63, 3.8) is 0 Å². The molecule has 0 spiro atoms. The normalized spacial score (nSPS) is 17.7. The average Bonchev–Trinajstić information content (AvgIpc) is 2.84. The fraction of sp³-hybridized carbons (Fsp3) is 0.471. The van der Waals surface area contributed by atoms with Gasteiger partial charge < -0.3 is 15.2 Å². The SMILES string of the molecule is CN(C)CCNC(=O)C1CCc2[nH]c3ccc(Cl)cc3c2C1. The Kier molecular flexibility index (Phi) is 4.41. The molecule has 22 heavy (non-hydrogen) atoms. The summed E-state index contributed by atoms with van der Waals surface area (Å²) < 4.78 is 0. The number of hydrogen-bond acceptors (Lipinski definition) is 2. The van der Waals surface area contributed by atoms with Crippen LogP contribution in [0.25, 0.3) is 10.9 Å². The van der Waals surface area contributed by atoms with Gasteiger partial charge in [0.2, 0.25) is 5.91 Å². The van der Waals surface area contributed by atoms with Crippen molar-refractivity contribution in [2.45, 2.75) is 19.3 Å². The number of H-pyrrole nitrogens is 1. The summed E-state index contributed by atoms with van der Waals surface area (Å²) in [5, 5.41) is 4.95. The van der Waals surface area contributed by atoms with Crippen LogP contribution in [-0.2, 0) is 17.6 Å². The van der Waals surface area contributed by atoms with E-state index in [2.05, 4.69) is 15.2 Å². The molecule has 1 aliphatic carbocycles. The van der Waals surface area contributed by atoms with Gasteiger partial charge in [0.1, 0.15) is 0 Å². The van der Waals surface area contributed by atoms with Crippen LogP contribution < -0.4 is 5.32 Å². The van der Waals surface area contributed by atoms with Crippen LogP contribution in [0.4, 0.5) is 0 Å². The van der Waals surface area contributed by atoms with Crippen molar-refractivity contribution in [1.82, 2.24) is 15.2 Å². The Morgan fingerprint density at radius 1 is 1.45 bits per heavy atom. The highest BCUT2D eigenvalue weighted by Gasteiger charge is 2.27. The lowest BCUT2D eigenvalue weighted by atomic mass is 9.86. The van der Waals surface area contributed by atoms with E-state index in [4.69, 9.17) is 11.6 Å². The van der Waals surface area contributed by atoms with Gasteiger partial charge in [0, 0.05) is 40.6 Å². The second-order valence-corrected chi connectivity index (χ2v) is 6.74. The second-order valence-electron chi connectivity index (χ2n) is 6.31. The number of hydrogen-bond donors (Lipinski definition) is 2. The molecule has 1 heterocycles. The highest BCUT2D eigenvalue weighted by Crippen LogP contribution is 2.33. The van der Waals surface area contributed by atoms with E-state index in [9.17, 15) is 4.79 Å². The van der Waals surface area contributed by atoms with E-state index in [0.29, 0.717) is 6.54 Å². The summed E-state index contributed by atoms with van der Waals surface area (Å²) in [5.74, 6) is 0.233. The fourth-order valence-corrected chi connectivity index (χ4v) is 3.33. The first-order valence-electron chi connectivity index (χ1n) is 7.76. The van der Waals surface area contributed by atoms with Gasteiger partial charge in [0.25, 0.3) is 0 Å². The van der Waals surface area contributed by atoms with Crippen LogP contribution in [0.15, 0.2) is 18.2 Å². The van der Waals surface area contributed by atoms with Crippen molar-refractivity contribution in [2.24, 2.45) is 5.92 Å². The van der Waals surface area contributed by atoms with Crippen molar-refractivity contribution in [3.05, 3.63) is 34.5 Å². The Labute approximate surface area is 135 Å². The Bertz CT molecular complexity index is 693. The molecule has 2 aromatic rings. The molecule has 0 radical (unpaired) electrons. The fourth-order valence-electron chi connectivity index (χ4n) is 3.16. The molecule has 1 atom stereocenters. The number of nitrogens with one attached hydrogen (secondary N) is 2. The van der Waals surface area contributed by atoms with Gasteiger partial charge in [0.05, 0.1) is 0 Å². The van der Waals surface area contributed by atoms with Gasteiger partial charge in [-0.15, -0.1) is 0 Å². The van der Waals surface area contributed by atoms with Crippen molar-refractivity contribution in [3.8, 4) is 0 Å². The average molecular weight is 320 g/mol. The minimum absolute atomic E-state index is 0.0626. The van der Waals surface area contributed by atoms with Gasteiger partial charge >= 0.3 is 0 Å². The lowest BCUT2D eigenvalue weighted by Gasteiger charge is -2.22. The smallest absolute Gasteiger partial charge is 0.223 e. The third-order valence-electron chi connectivity index (χ3n) is 4.38. The third kappa shape index (κ3) is 3.13. The van der Waals surface area contributed by atoms with E-state index in [1.807, 2.05) is 32.3 Å². The number of aromatic amines is 1. The molecule has 1 aromatic heterocycles. The molecule has 0 aliphatic heterocycles. The number of aryl methyl sites for hydroxylation is 1. The molecule has 0 saturated heterocycles. The van der Waals surface area contributed by atoms with Crippen molar-refractivity contribution in [1.29, 1.82) is 0 Å². The number of likely N-dealkylation sites (N-methyl/N-ethyl adjacent to an activating group) is 1. The van der Waals surface area contributed by atoms with E-state index >= 15 is 0 Å². The Morgan fingerprint density at radius 2 is 2.27 bits per heavy atom. The summed E-state index contributed by atoms with van der Waals surface area (Å²) in [5.41, 5.74) is 3.63. The molecule has 1 amide bonds. The predicted molar refractivity (Wildman–Crippen MR) is 90.4 cm³/mol. The van der Waals surface area contributed by atoms with Gasteiger partial charge in [-0.05, 0) is 57.1 Å². The summed E-state index contributed by atoms with van der Waals surface area (Å²) >= 11 is 6.12. The predicted octanol–water partition coefficient (Wildman–Crippen LogP) is 2.60. The minimum atomic E-state index is 0.0626. The number of fused-ring (bicyclic) bond motifs is 3. The summed E-state index contributed by atoms with van der Waals surface area (Å²) in [7, 11) is 4.02. The van der Waals surface area contributed by atoms with E-state index in [1.54, 1.807) is 0 Å². The number of aromatic nitrogens is 1. The molecule has 2 N–H and O–H groups in total. The van der Waals surface area contributed by atoms with Crippen LogP contribution in [0.3, 0.4) is 0 Å². The number of benzene rings is 1. The quantitative estimate of drug-likeness (QED) is 0.910. The first-order chi connectivity index (χ1) is 10.5. The molecular weight excluding hydrogens is 298 g/mol. The molecule has 4 nitrogen and oxygen atoms in total. The van der Waals surface area contributed by atoms with Crippen LogP contribution in [0, 0.1) is 5.92 Å². The zero-order valence-corrected chi connectivity index (χ0v) is 13.8. The Hall–Kier alpha value is -1.52. The van der Waals surface area contributed by atoms with Crippen LogP contribution in [0.5, 0.6) is 0 Å². The number of carbonyl (C=O) groups is 1. The third-order valence-corrected chi connectivity index (χ3v) is 4.61. The second kappa shape index (κ2) is 6.31. The number of amides is 1. The summed E-state index contributed by atoms with van der Waals surface area (Å²) in [4.78, 5) is 17.9. The first-order valence-corrected chi connectivity index (χ1v) is 8.14. The lowest BCUT2D eigenvalue weighted by molar-refractivity contribution is -0.125. The summed E-state index contributed by atoms with van der Waals surface area (Å²) in [6.07, 6.45) is 2.62. The maximum Gasteiger partial charge on any atom is 0.223 e. The van der Waals surface area contributed by atoms with E-state index < -0.39 is 0 Å². The van der Waals surface area contributed by atoms with Crippen LogP contribution in [0.2, 0.25) is 5.02 Å².